The summed E-state index contributed by atoms with van der Waals surface area (Å²) >= 11 is 3.11. The second kappa shape index (κ2) is 3.69. The first kappa shape index (κ1) is 10.2. The van der Waals surface area contributed by atoms with Crippen LogP contribution in [0.2, 0.25) is 0 Å². The molecular weight excluding hydrogens is 263 g/mol. The van der Waals surface area contributed by atoms with Gasteiger partial charge in [0.15, 0.2) is 5.82 Å². The fourth-order valence-corrected chi connectivity index (χ4v) is 1.62. The van der Waals surface area contributed by atoms with Crippen molar-refractivity contribution in [1.29, 1.82) is 0 Å². The van der Waals surface area contributed by atoms with Crippen molar-refractivity contribution in [2.24, 2.45) is 0 Å². The van der Waals surface area contributed by atoms with E-state index in [9.17, 15) is 4.39 Å². The highest BCUT2D eigenvalue weighted by atomic mass is 79.9. The molecule has 2 rings (SSSR count). The standard InChI is InChI=1S/C9H8BrFN4/c1-5-6(2)15(4-14-5)9-7(10)8(11)12-3-13-9/h3-4H,1-2H3. The summed E-state index contributed by atoms with van der Waals surface area (Å²) in [6.07, 6.45) is 2.79. The highest BCUT2D eigenvalue weighted by molar-refractivity contribution is 9.10. The van der Waals surface area contributed by atoms with Gasteiger partial charge in [0.25, 0.3) is 0 Å². The Bertz CT molecular complexity index is 509. The van der Waals surface area contributed by atoms with Gasteiger partial charge in [-0.05, 0) is 29.8 Å². The first-order chi connectivity index (χ1) is 7.11. The summed E-state index contributed by atoms with van der Waals surface area (Å²) in [6.45, 7) is 3.78. The molecule has 0 spiro atoms. The van der Waals surface area contributed by atoms with Crippen molar-refractivity contribution >= 4 is 15.9 Å². The summed E-state index contributed by atoms with van der Waals surface area (Å²) in [4.78, 5) is 11.6. The maximum Gasteiger partial charge on any atom is 0.232 e. The van der Waals surface area contributed by atoms with Crippen LogP contribution in [0.3, 0.4) is 0 Å². The number of aryl methyl sites for hydroxylation is 1. The Morgan fingerprint density at radius 2 is 2.00 bits per heavy atom. The Kier molecular flexibility index (Phi) is 2.52. The zero-order chi connectivity index (χ0) is 11.0. The Balaban J connectivity index is 2.64. The lowest BCUT2D eigenvalue weighted by Gasteiger charge is -2.06. The monoisotopic (exact) mass is 270 g/mol. The average molecular weight is 271 g/mol. The third kappa shape index (κ3) is 1.65. The lowest BCUT2D eigenvalue weighted by molar-refractivity contribution is 0.569. The molecule has 0 bridgehead atoms. The van der Waals surface area contributed by atoms with Crippen molar-refractivity contribution in [2.45, 2.75) is 13.8 Å². The lowest BCUT2D eigenvalue weighted by atomic mass is 10.4. The fourth-order valence-electron chi connectivity index (χ4n) is 1.22. The van der Waals surface area contributed by atoms with E-state index >= 15 is 0 Å². The average Bonchev–Trinajstić information content (AvgIpc) is 2.53. The quantitative estimate of drug-likeness (QED) is 0.747. The summed E-state index contributed by atoms with van der Waals surface area (Å²) in [5, 5.41) is 0. The molecule has 2 aromatic heterocycles. The van der Waals surface area contributed by atoms with Gasteiger partial charge < -0.3 is 0 Å². The predicted molar refractivity (Wildman–Crippen MR) is 56.3 cm³/mol. The molecule has 0 aliphatic carbocycles. The number of hydrogen-bond donors (Lipinski definition) is 0. The number of imidazole rings is 1. The first-order valence-electron chi connectivity index (χ1n) is 4.28. The zero-order valence-electron chi connectivity index (χ0n) is 8.20. The summed E-state index contributed by atoms with van der Waals surface area (Å²) in [5.41, 5.74) is 1.81. The number of nitrogens with zero attached hydrogens (tertiary/aromatic N) is 4. The normalized spacial score (nSPS) is 10.7. The van der Waals surface area contributed by atoms with E-state index in [-0.39, 0.29) is 4.47 Å². The predicted octanol–water partition coefficient (Wildman–Crippen LogP) is 2.18. The van der Waals surface area contributed by atoms with Gasteiger partial charge in [-0.3, -0.25) is 4.57 Å². The van der Waals surface area contributed by atoms with Crippen molar-refractivity contribution < 1.29 is 4.39 Å². The van der Waals surface area contributed by atoms with Crippen LogP contribution in [0.25, 0.3) is 5.82 Å². The van der Waals surface area contributed by atoms with Crippen LogP contribution in [0.1, 0.15) is 11.4 Å². The largest absolute Gasteiger partial charge is 0.286 e. The van der Waals surface area contributed by atoms with Gasteiger partial charge in [-0.25, -0.2) is 15.0 Å². The molecule has 0 fully saturated rings. The van der Waals surface area contributed by atoms with E-state index in [0.29, 0.717) is 5.82 Å². The molecule has 2 heterocycles. The molecule has 0 amide bonds. The van der Waals surface area contributed by atoms with Crippen LogP contribution in [-0.2, 0) is 0 Å². The van der Waals surface area contributed by atoms with Crippen molar-refractivity contribution in [3.05, 3.63) is 34.5 Å². The van der Waals surface area contributed by atoms with Crippen LogP contribution in [0.4, 0.5) is 4.39 Å². The van der Waals surface area contributed by atoms with Gasteiger partial charge in [0.05, 0.1) is 5.69 Å². The van der Waals surface area contributed by atoms with E-state index in [0.717, 1.165) is 11.4 Å². The molecule has 15 heavy (non-hydrogen) atoms. The van der Waals surface area contributed by atoms with Crippen LogP contribution < -0.4 is 0 Å². The Hall–Kier alpha value is -1.30. The van der Waals surface area contributed by atoms with Crippen molar-refractivity contribution in [2.75, 3.05) is 0 Å². The van der Waals surface area contributed by atoms with Gasteiger partial charge in [0.1, 0.15) is 17.1 Å². The Morgan fingerprint density at radius 1 is 1.27 bits per heavy atom. The van der Waals surface area contributed by atoms with Crippen LogP contribution in [0.5, 0.6) is 0 Å². The molecule has 6 heteroatoms. The van der Waals surface area contributed by atoms with E-state index in [1.165, 1.54) is 6.33 Å². The molecule has 78 valence electrons. The molecule has 2 aromatic rings. The van der Waals surface area contributed by atoms with E-state index in [2.05, 4.69) is 30.9 Å². The molecule has 0 aliphatic rings. The van der Waals surface area contributed by atoms with Crippen LogP contribution >= 0.6 is 15.9 Å². The molecular formula is C9H8BrFN4. The highest BCUT2D eigenvalue weighted by Crippen LogP contribution is 2.22. The minimum atomic E-state index is -0.578. The lowest BCUT2D eigenvalue weighted by Crippen LogP contribution is -2.02. The van der Waals surface area contributed by atoms with Gasteiger partial charge in [-0.1, -0.05) is 0 Å². The Morgan fingerprint density at radius 3 is 2.60 bits per heavy atom. The number of halogens is 2. The minimum absolute atomic E-state index is 0.241. The van der Waals surface area contributed by atoms with Crippen LogP contribution in [-0.4, -0.2) is 19.5 Å². The van der Waals surface area contributed by atoms with Crippen LogP contribution in [0, 0.1) is 19.8 Å². The summed E-state index contributed by atoms with van der Waals surface area (Å²) in [7, 11) is 0. The van der Waals surface area contributed by atoms with Gasteiger partial charge in [-0.15, -0.1) is 0 Å². The minimum Gasteiger partial charge on any atom is -0.286 e. The van der Waals surface area contributed by atoms with Crippen molar-refractivity contribution in [1.82, 2.24) is 19.5 Å². The molecule has 0 radical (unpaired) electrons. The molecule has 0 N–H and O–H groups in total. The smallest absolute Gasteiger partial charge is 0.232 e. The van der Waals surface area contributed by atoms with E-state index in [4.69, 9.17) is 0 Å². The molecule has 0 aromatic carbocycles. The molecule has 0 unspecified atom stereocenters. The van der Waals surface area contributed by atoms with E-state index in [1.807, 2.05) is 13.8 Å². The van der Waals surface area contributed by atoms with E-state index < -0.39 is 5.95 Å². The van der Waals surface area contributed by atoms with E-state index in [1.54, 1.807) is 10.9 Å². The van der Waals surface area contributed by atoms with Gasteiger partial charge in [-0.2, -0.15) is 4.39 Å². The summed E-state index contributed by atoms with van der Waals surface area (Å²) in [6, 6.07) is 0. The zero-order valence-corrected chi connectivity index (χ0v) is 9.79. The van der Waals surface area contributed by atoms with Crippen molar-refractivity contribution in [3.63, 3.8) is 0 Å². The van der Waals surface area contributed by atoms with Crippen LogP contribution in [0.15, 0.2) is 17.1 Å². The summed E-state index contributed by atoms with van der Waals surface area (Å²) < 4.78 is 15.1. The highest BCUT2D eigenvalue weighted by Gasteiger charge is 2.12. The third-order valence-corrected chi connectivity index (χ3v) is 2.89. The molecule has 0 saturated carbocycles. The van der Waals surface area contributed by atoms with Gasteiger partial charge in [0.2, 0.25) is 5.95 Å². The molecule has 0 aliphatic heterocycles. The second-order valence-electron chi connectivity index (χ2n) is 3.09. The Labute approximate surface area is 94.3 Å². The topological polar surface area (TPSA) is 43.6 Å². The number of rotatable bonds is 1. The van der Waals surface area contributed by atoms with Crippen molar-refractivity contribution in [3.8, 4) is 5.82 Å². The number of aromatic nitrogens is 4. The van der Waals surface area contributed by atoms with Gasteiger partial charge >= 0.3 is 0 Å². The fraction of sp³-hybridized carbons (Fsp3) is 0.222. The maximum absolute atomic E-state index is 13.2. The third-order valence-electron chi connectivity index (χ3n) is 2.21. The SMILES string of the molecule is Cc1ncn(-c2ncnc(F)c2Br)c1C. The maximum atomic E-state index is 13.2. The molecule has 0 atom stereocenters. The summed E-state index contributed by atoms with van der Waals surface area (Å²) in [5.74, 6) is -0.119. The van der Waals surface area contributed by atoms with Gasteiger partial charge in [0, 0.05) is 5.69 Å². The number of hydrogen-bond acceptors (Lipinski definition) is 3. The first-order valence-corrected chi connectivity index (χ1v) is 5.07. The molecule has 4 nitrogen and oxygen atoms in total. The molecule has 0 saturated heterocycles. The second-order valence-corrected chi connectivity index (χ2v) is 3.88.